The van der Waals surface area contributed by atoms with Crippen LogP contribution in [0.3, 0.4) is 0 Å². The lowest BCUT2D eigenvalue weighted by Crippen LogP contribution is -2.21. The van der Waals surface area contributed by atoms with E-state index in [1.165, 1.54) is 7.11 Å². The molecule has 1 unspecified atom stereocenters. The molecule has 0 bridgehead atoms. The van der Waals surface area contributed by atoms with Crippen molar-refractivity contribution in [1.82, 2.24) is 0 Å². The molecule has 0 saturated carbocycles. The molecule has 0 spiro atoms. The number of rotatable bonds is 3. The molecule has 1 rings (SSSR count). The monoisotopic (exact) mass is 226 g/mol. The second-order valence-electron chi connectivity index (χ2n) is 4.02. The van der Waals surface area contributed by atoms with Crippen molar-refractivity contribution < 1.29 is 19.1 Å². The van der Waals surface area contributed by atoms with Gasteiger partial charge in [-0.15, -0.1) is 0 Å². The summed E-state index contributed by atoms with van der Waals surface area (Å²) in [5, 5.41) is 0. The molecule has 0 radical (unpaired) electrons. The molecule has 16 heavy (non-hydrogen) atoms. The third kappa shape index (κ3) is 2.84. The zero-order valence-electron chi connectivity index (χ0n) is 10.0. The summed E-state index contributed by atoms with van der Waals surface area (Å²) in [6.07, 6.45) is 2.11. The van der Waals surface area contributed by atoms with Crippen LogP contribution in [0.1, 0.15) is 33.1 Å². The molecule has 1 aliphatic carbocycles. The normalized spacial score (nSPS) is 20.6. The predicted octanol–water partition coefficient (Wildman–Crippen LogP) is 1.84. The van der Waals surface area contributed by atoms with Gasteiger partial charge >= 0.3 is 11.9 Å². The first-order valence-electron chi connectivity index (χ1n) is 5.57. The average molecular weight is 226 g/mol. The molecule has 1 atom stereocenters. The maximum Gasteiger partial charge on any atom is 0.334 e. The molecule has 0 fully saturated rings. The van der Waals surface area contributed by atoms with Gasteiger partial charge in [-0.2, -0.15) is 0 Å². The molecule has 0 amide bonds. The molecule has 4 heteroatoms. The third-order valence-corrected chi connectivity index (χ3v) is 2.76. The smallest absolute Gasteiger partial charge is 0.334 e. The highest BCUT2D eigenvalue weighted by molar-refractivity contribution is 6.00. The van der Waals surface area contributed by atoms with Crippen molar-refractivity contribution in [2.24, 2.45) is 5.92 Å². The van der Waals surface area contributed by atoms with E-state index in [-0.39, 0.29) is 5.97 Å². The average Bonchev–Trinajstić information content (AvgIpc) is 2.28. The van der Waals surface area contributed by atoms with Crippen molar-refractivity contribution >= 4 is 11.9 Å². The van der Waals surface area contributed by atoms with E-state index in [9.17, 15) is 9.59 Å². The summed E-state index contributed by atoms with van der Waals surface area (Å²) in [6, 6.07) is 0. The van der Waals surface area contributed by atoms with Gasteiger partial charge in [0.2, 0.25) is 0 Å². The van der Waals surface area contributed by atoms with Gasteiger partial charge in [0.15, 0.2) is 0 Å². The van der Waals surface area contributed by atoms with Crippen molar-refractivity contribution in [3.8, 4) is 0 Å². The number of carbonyl (C=O) groups is 2. The Morgan fingerprint density at radius 2 is 2.00 bits per heavy atom. The summed E-state index contributed by atoms with van der Waals surface area (Å²) in [7, 11) is 1.33. The number of methoxy groups -OCH3 is 1. The van der Waals surface area contributed by atoms with E-state index in [0.29, 0.717) is 36.5 Å². The Bertz CT molecular complexity index is 317. The van der Waals surface area contributed by atoms with E-state index in [2.05, 4.69) is 6.92 Å². The lowest BCUT2D eigenvalue weighted by atomic mass is 9.85. The summed E-state index contributed by atoms with van der Waals surface area (Å²) in [6.45, 7) is 4.14. The van der Waals surface area contributed by atoms with Crippen LogP contribution in [0.2, 0.25) is 0 Å². The number of hydrogen-bond acceptors (Lipinski definition) is 4. The summed E-state index contributed by atoms with van der Waals surface area (Å²) >= 11 is 0. The van der Waals surface area contributed by atoms with Gasteiger partial charge in [-0.1, -0.05) is 6.92 Å². The molecular weight excluding hydrogens is 208 g/mol. The van der Waals surface area contributed by atoms with Gasteiger partial charge in [0.05, 0.1) is 13.7 Å². The van der Waals surface area contributed by atoms with Gasteiger partial charge in [0, 0.05) is 11.1 Å². The van der Waals surface area contributed by atoms with Crippen LogP contribution < -0.4 is 0 Å². The largest absolute Gasteiger partial charge is 0.466 e. The van der Waals surface area contributed by atoms with E-state index in [0.717, 1.165) is 6.42 Å². The summed E-state index contributed by atoms with van der Waals surface area (Å²) in [4.78, 5) is 23.2. The van der Waals surface area contributed by atoms with Crippen LogP contribution in [0.4, 0.5) is 0 Å². The quantitative estimate of drug-likeness (QED) is 0.689. The Balaban J connectivity index is 2.96. The molecule has 1 aliphatic rings. The Labute approximate surface area is 95.6 Å². The minimum Gasteiger partial charge on any atom is -0.466 e. The lowest BCUT2D eigenvalue weighted by Gasteiger charge is -2.22. The van der Waals surface area contributed by atoms with Crippen molar-refractivity contribution in [2.75, 3.05) is 13.7 Å². The first-order chi connectivity index (χ1) is 7.60. The Morgan fingerprint density at radius 1 is 1.31 bits per heavy atom. The fraction of sp³-hybridized carbons (Fsp3) is 0.667. The molecule has 0 aliphatic heterocycles. The van der Waals surface area contributed by atoms with Gasteiger partial charge in [-0.3, -0.25) is 0 Å². The van der Waals surface area contributed by atoms with E-state index in [4.69, 9.17) is 9.47 Å². The van der Waals surface area contributed by atoms with Crippen LogP contribution in [0, 0.1) is 5.92 Å². The fourth-order valence-electron chi connectivity index (χ4n) is 1.89. The van der Waals surface area contributed by atoms with E-state index in [1.54, 1.807) is 6.92 Å². The maximum absolute atomic E-state index is 11.6. The van der Waals surface area contributed by atoms with Crippen LogP contribution in [-0.2, 0) is 19.1 Å². The minimum absolute atomic E-state index is 0.326. The molecule has 0 heterocycles. The minimum atomic E-state index is -0.408. The van der Waals surface area contributed by atoms with E-state index in [1.807, 2.05) is 0 Å². The van der Waals surface area contributed by atoms with Crippen molar-refractivity contribution in [3.05, 3.63) is 11.1 Å². The molecule has 0 aromatic carbocycles. The SMILES string of the molecule is CCOC(=O)C1=C(C(=O)OC)CC(C)CC1. The van der Waals surface area contributed by atoms with E-state index >= 15 is 0 Å². The van der Waals surface area contributed by atoms with Crippen molar-refractivity contribution in [2.45, 2.75) is 33.1 Å². The second kappa shape index (κ2) is 5.68. The van der Waals surface area contributed by atoms with Crippen LogP contribution in [0.25, 0.3) is 0 Å². The molecule has 0 saturated heterocycles. The summed E-state index contributed by atoms with van der Waals surface area (Å²) < 4.78 is 9.63. The number of ether oxygens (including phenoxy) is 2. The number of hydrogen-bond donors (Lipinski definition) is 0. The molecule has 0 aromatic heterocycles. The summed E-state index contributed by atoms with van der Waals surface area (Å²) in [5.74, 6) is -0.378. The van der Waals surface area contributed by atoms with Crippen LogP contribution >= 0.6 is 0 Å². The van der Waals surface area contributed by atoms with Gasteiger partial charge < -0.3 is 9.47 Å². The Kier molecular flexibility index (Phi) is 4.52. The van der Waals surface area contributed by atoms with Gasteiger partial charge in [0.25, 0.3) is 0 Å². The predicted molar refractivity (Wildman–Crippen MR) is 58.7 cm³/mol. The number of esters is 2. The lowest BCUT2D eigenvalue weighted by molar-refractivity contribution is -0.141. The molecular formula is C12H18O4. The highest BCUT2D eigenvalue weighted by atomic mass is 16.5. The van der Waals surface area contributed by atoms with Gasteiger partial charge in [-0.05, 0) is 32.1 Å². The summed E-state index contributed by atoms with van der Waals surface area (Å²) in [5.41, 5.74) is 0.978. The van der Waals surface area contributed by atoms with Crippen LogP contribution in [-0.4, -0.2) is 25.7 Å². The standard InChI is InChI=1S/C12H18O4/c1-4-16-12(14)9-6-5-8(2)7-10(9)11(13)15-3/h8H,4-7H2,1-3H3. The topological polar surface area (TPSA) is 52.6 Å². The number of carbonyl (C=O) groups excluding carboxylic acids is 2. The highest BCUT2D eigenvalue weighted by Gasteiger charge is 2.28. The first-order valence-corrected chi connectivity index (χ1v) is 5.57. The van der Waals surface area contributed by atoms with Crippen molar-refractivity contribution in [1.29, 1.82) is 0 Å². The highest BCUT2D eigenvalue weighted by Crippen LogP contribution is 2.30. The van der Waals surface area contributed by atoms with Gasteiger partial charge in [0.1, 0.15) is 0 Å². The fourth-order valence-corrected chi connectivity index (χ4v) is 1.89. The first kappa shape index (κ1) is 12.7. The van der Waals surface area contributed by atoms with Crippen molar-refractivity contribution in [3.63, 3.8) is 0 Å². The Morgan fingerprint density at radius 3 is 2.56 bits per heavy atom. The van der Waals surface area contributed by atoms with Crippen LogP contribution in [0.15, 0.2) is 11.1 Å². The molecule has 0 aromatic rings. The third-order valence-electron chi connectivity index (χ3n) is 2.76. The molecule has 4 nitrogen and oxygen atoms in total. The second-order valence-corrected chi connectivity index (χ2v) is 4.02. The van der Waals surface area contributed by atoms with Gasteiger partial charge in [-0.25, -0.2) is 9.59 Å². The van der Waals surface area contributed by atoms with Crippen LogP contribution in [0.5, 0.6) is 0 Å². The molecule has 90 valence electrons. The zero-order valence-corrected chi connectivity index (χ0v) is 10.0. The maximum atomic E-state index is 11.6. The van der Waals surface area contributed by atoms with E-state index < -0.39 is 5.97 Å². The zero-order chi connectivity index (χ0) is 12.1. The molecule has 0 N–H and O–H groups in total. The Hall–Kier alpha value is -1.32.